The third-order valence-electron chi connectivity index (χ3n) is 2.84. The SMILES string of the molecule is CN[C@H](CC(C)=O)Cc1ccc(CP(=O)(O)O)cc1. The first-order valence-electron chi connectivity index (χ1n) is 6.09. The van der Waals surface area contributed by atoms with E-state index in [0.717, 1.165) is 5.56 Å². The number of hydrogen-bond acceptors (Lipinski definition) is 3. The van der Waals surface area contributed by atoms with Crippen LogP contribution in [0.4, 0.5) is 0 Å². The number of carbonyl (C=O) groups is 1. The molecular weight excluding hydrogens is 265 g/mol. The second-order valence-corrected chi connectivity index (χ2v) is 6.38. The van der Waals surface area contributed by atoms with Crippen molar-refractivity contribution in [1.82, 2.24) is 5.32 Å². The van der Waals surface area contributed by atoms with Gasteiger partial charge in [-0.2, -0.15) is 0 Å². The lowest BCUT2D eigenvalue weighted by Crippen LogP contribution is -2.29. The highest BCUT2D eigenvalue weighted by molar-refractivity contribution is 7.50. The van der Waals surface area contributed by atoms with Gasteiger partial charge in [0.2, 0.25) is 0 Å². The molecule has 0 heterocycles. The molecule has 19 heavy (non-hydrogen) atoms. The Labute approximate surface area is 113 Å². The Morgan fingerprint density at radius 1 is 1.26 bits per heavy atom. The van der Waals surface area contributed by atoms with Crippen molar-refractivity contribution in [3.8, 4) is 0 Å². The van der Waals surface area contributed by atoms with Gasteiger partial charge in [0.15, 0.2) is 0 Å². The minimum atomic E-state index is -4.01. The molecule has 1 aromatic carbocycles. The first-order chi connectivity index (χ1) is 8.80. The lowest BCUT2D eigenvalue weighted by Gasteiger charge is -2.14. The number of ketones is 1. The highest BCUT2D eigenvalue weighted by Gasteiger charge is 2.14. The molecule has 0 fully saturated rings. The molecule has 0 unspecified atom stereocenters. The minimum absolute atomic E-state index is 0.0881. The molecule has 1 rings (SSSR count). The number of carbonyl (C=O) groups excluding carboxylic acids is 1. The standard InChI is InChI=1S/C13H20NO4P/c1-10(15)7-13(14-2)8-11-3-5-12(6-4-11)9-19(16,17)18/h3-6,13-14H,7-9H2,1-2H3,(H2,16,17,18)/t13-/m1/s1. The summed E-state index contributed by atoms with van der Waals surface area (Å²) in [5.74, 6) is 0.137. The average molecular weight is 285 g/mol. The first-order valence-corrected chi connectivity index (χ1v) is 7.89. The lowest BCUT2D eigenvalue weighted by molar-refractivity contribution is -0.117. The van der Waals surface area contributed by atoms with Crippen molar-refractivity contribution in [2.45, 2.75) is 32.0 Å². The van der Waals surface area contributed by atoms with E-state index in [1.54, 1.807) is 19.1 Å². The van der Waals surface area contributed by atoms with Crippen molar-refractivity contribution in [3.05, 3.63) is 35.4 Å². The summed E-state index contributed by atoms with van der Waals surface area (Å²) in [6, 6.07) is 7.21. The van der Waals surface area contributed by atoms with Gasteiger partial charge in [0.05, 0.1) is 6.16 Å². The molecule has 0 bridgehead atoms. The first kappa shape index (κ1) is 16.1. The molecule has 5 nitrogen and oxygen atoms in total. The van der Waals surface area contributed by atoms with Crippen LogP contribution in [0.15, 0.2) is 24.3 Å². The molecule has 3 N–H and O–H groups in total. The third kappa shape index (κ3) is 6.64. The molecule has 1 aromatic rings. The lowest BCUT2D eigenvalue weighted by atomic mass is 10.0. The molecule has 0 aliphatic carbocycles. The van der Waals surface area contributed by atoms with Crippen molar-refractivity contribution < 1.29 is 19.1 Å². The van der Waals surface area contributed by atoms with E-state index in [0.29, 0.717) is 18.4 Å². The zero-order chi connectivity index (χ0) is 14.5. The molecule has 0 aromatic heterocycles. The number of nitrogens with one attached hydrogen (secondary N) is 1. The zero-order valence-electron chi connectivity index (χ0n) is 11.2. The van der Waals surface area contributed by atoms with Crippen molar-refractivity contribution in [2.24, 2.45) is 0 Å². The largest absolute Gasteiger partial charge is 0.329 e. The molecular formula is C13H20NO4P. The van der Waals surface area contributed by atoms with Gasteiger partial charge in [0, 0.05) is 12.5 Å². The predicted molar refractivity (Wildman–Crippen MR) is 74.0 cm³/mol. The topological polar surface area (TPSA) is 86.6 Å². The molecule has 0 saturated carbocycles. The molecule has 0 aliphatic rings. The molecule has 6 heteroatoms. The second-order valence-electron chi connectivity index (χ2n) is 4.74. The fraction of sp³-hybridized carbons (Fsp3) is 0.462. The normalized spacial score (nSPS) is 13.3. The van der Waals surface area contributed by atoms with Crippen LogP contribution >= 0.6 is 7.60 Å². The molecule has 0 amide bonds. The van der Waals surface area contributed by atoms with Crippen molar-refractivity contribution in [1.29, 1.82) is 0 Å². The van der Waals surface area contributed by atoms with Gasteiger partial charge in [-0.3, -0.25) is 9.36 Å². The Hall–Kier alpha value is -1.00. The molecule has 106 valence electrons. The van der Waals surface area contributed by atoms with Crippen molar-refractivity contribution in [2.75, 3.05) is 7.05 Å². The summed E-state index contributed by atoms with van der Waals surface area (Å²) in [6.07, 6.45) is 0.948. The van der Waals surface area contributed by atoms with E-state index in [1.165, 1.54) is 0 Å². The maximum atomic E-state index is 11.1. The summed E-state index contributed by atoms with van der Waals surface area (Å²) in [7, 11) is -2.20. The van der Waals surface area contributed by atoms with Crippen LogP contribution in [0.5, 0.6) is 0 Å². The smallest absolute Gasteiger partial charge is 0.324 e. The highest BCUT2D eigenvalue weighted by Crippen LogP contribution is 2.38. The van der Waals surface area contributed by atoms with Gasteiger partial charge in [-0.15, -0.1) is 0 Å². The fourth-order valence-electron chi connectivity index (χ4n) is 1.93. The van der Waals surface area contributed by atoms with Crippen LogP contribution in [0.2, 0.25) is 0 Å². The molecule has 0 aliphatic heterocycles. The van der Waals surface area contributed by atoms with E-state index in [9.17, 15) is 9.36 Å². The Morgan fingerprint density at radius 2 is 1.79 bits per heavy atom. The Balaban J connectivity index is 2.65. The predicted octanol–water partition coefficient (Wildman–Crippen LogP) is 1.47. The summed E-state index contributed by atoms with van der Waals surface area (Å²) >= 11 is 0. The van der Waals surface area contributed by atoms with Gasteiger partial charge in [-0.25, -0.2) is 0 Å². The van der Waals surface area contributed by atoms with Crippen LogP contribution in [-0.4, -0.2) is 28.7 Å². The molecule has 0 spiro atoms. The number of hydrogen-bond donors (Lipinski definition) is 3. The summed E-state index contributed by atoms with van der Waals surface area (Å²) in [5.41, 5.74) is 1.65. The van der Waals surface area contributed by atoms with E-state index in [-0.39, 0.29) is 18.0 Å². The molecule has 0 radical (unpaired) electrons. The van der Waals surface area contributed by atoms with Crippen LogP contribution in [0, 0.1) is 0 Å². The minimum Gasteiger partial charge on any atom is -0.324 e. The summed E-state index contributed by atoms with van der Waals surface area (Å²) in [5, 5.41) is 3.09. The summed E-state index contributed by atoms with van der Waals surface area (Å²) in [4.78, 5) is 28.9. The molecule has 0 saturated heterocycles. The van der Waals surface area contributed by atoms with E-state index >= 15 is 0 Å². The van der Waals surface area contributed by atoms with Crippen LogP contribution in [0.25, 0.3) is 0 Å². The highest BCUT2D eigenvalue weighted by atomic mass is 31.2. The van der Waals surface area contributed by atoms with Gasteiger partial charge in [0.25, 0.3) is 0 Å². The van der Waals surface area contributed by atoms with Crippen LogP contribution < -0.4 is 5.32 Å². The monoisotopic (exact) mass is 285 g/mol. The number of likely N-dealkylation sites (N-methyl/N-ethyl adjacent to an activating group) is 1. The van der Waals surface area contributed by atoms with E-state index in [2.05, 4.69) is 5.32 Å². The maximum Gasteiger partial charge on any atom is 0.329 e. The van der Waals surface area contributed by atoms with Crippen LogP contribution in [0.3, 0.4) is 0 Å². The Morgan fingerprint density at radius 3 is 2.21 bits per heavy atom. The number of Topliss-reactive ketones (excluding diaryl/α,β-unsaturated/α-hetero) is 1. The maximum absolute atomic E-state index is 11.1. The van der Waals surface area contributed by atoms with Gasteiger partial charge in [-0.1, -0.05) is 24.3 Å². The van der Waals surface area contributed by atoms with Crippen molar-refractivity contribution in [3.63, 3.8) is 0 Å². The van der Waals surface area contributed by atoms with Gasteiger partial charge in [0.1, 0.15) is 5.78 Å². The van der Waals surface area contributed by atoms with Crippen LogP contribution in [0.1, 0.15) is 24.5 Å². The van der Waals surface area contributed by atoms with Gasteiger partial charge < -0.3 is 15.1 Å². The van der Waals surface area contributed by atoms with Crippen molar-refractivity contribution >= 4 is 13.4 Å². The number of rotatable bonds is 7. The van der Waals surface area contributed by atoms with Gasteiger partial charge in [-0.05, 0) is 31.5 Å². The quantitative estimate of drug-likeness (QED) is 0.660. The average Bonchev–Trinajstić information content (AvgIpc) is 2.28. The zero-order valence-corrected chi connectivity index (χ0v) is 12.1. The van der Waals surface area contributed by atoms with E-state index in [4.69, 9.17) is 9.79 Å². The summed E-state index contributed by atoms with van der Waals surface area (Å²) in [6.45, 7) is 1.56. The summed E-state index contributed by atoms with van der Waals surface area (Å²) < 4.78 is 10.9. The fourth-order valence-corrected chi connectivity index (χ4v) is 2.61. The molecule has 1 atom stereocenters. The number of benzene rings is 1. The second kappa shape index (κ2) is 6.96. The Kier molecular flexibility index (Phi) is 5.88. The van der Waals surface area contributed by atoms with Gasteiger partial charge >= 0.3 is 7.60 Å². The van der Waals surface area contributed by atoms with E-state index < -0.39 is 7.60 Å². The Bertz CT molecular complexity index is 466. The van der Waals surface area contributed by atoms with E-state index in [1.807, 2.05) is 19.2 Å². The van der Waals surface area contributed by atoms with Crippen LogP contribution in [-0.2, 0) is 21.9 Å². The third-order valence-corrected chi connectivity index (χ3v) is 3.61.